The van der Waals surface area contributed by atoms with Crippen LogP contribution in [0.25, 0.3) is 23.9 Å². The summed E-state index contributed by atoms with van der Waals surface area (Å²) in [6.45, 7) is 11.8. The van der Waals surface area contributed by atoms with E-state index in [4.69, 9.17) is 9.72 Å². The third-order valence-electron chi connectivity index (χ3n) is 11.7. The van der Waals surface area contributed by atoms with Crippen molar-refractivity contribution < 1.29 is 19.7 Å². The number of carbonyl (C=O) groups is 1. The van der Waals surface area contributed by atoms with E-state index in [0.717, 1.165) is 99.1 Å². The molecule has 7 rings (SSSR count). The van der Waals surface area contributed by atoms with E-state index in [9.17, 15) is 25.1 Å². The Labute approximate surface area is 310 Å². The van der Waals surface area contributed by atoms with Crippen LogP contribution in [-0.2, 0) is 17.8 Å². The minimum Gasteiger partial charge on any atom is -0.496 e. The number of hydrogen-bond acceptors (Lipinski definition) is 9. The SMILES string of the molecule is C=c1c(C#N)c(O)n(N(C)C(=O)C23CC4CC(CC(C4)C2)C3)c(=O)/c1=C\c1sc(N(CCCC)CCCC)nc1-c1c(CO)cc(CC)cc1OC. The molecule has 4 aliphatic rings. The molecule has 2 aromatic heterocycles. The van der Waals surface area contributed by atoms with Gasteiger partial charge >= 0.3 is 0 Å². The summed E-state index contributed by atoms with van der Waals surface area (Å²) in [5.41, 5.74) is 1.43. The summed E-state index contributed by atoms with van der Waals surface area (Å²) in [5, 5.41) is 34.5. The van der Waals surface area contributed by atoms with Crippen LogP contribution in [0.5, 0.6) is 11.6 Å². The highest BCUT2D eigenvalue weighted by Gasteiger charge is 2.55. The first-order valence-corrected chi connectivity index (χ1v) is 19.8. The van der Waals surface area contributed by atoms with Gasteiger partial charge < -0.3 is 19.8 Å². The number of hydrogen-bond donors (Lipinski definition) is 2. The Bertz CT molecular complexity index is 1980. The van der Waals surface area contributed by atoms with Gasteiger partial charge in [0.05, 0.1) is 34.9 Å². The van der Waals surface area contributed by atoms with Crippen molar-refractivity contribution in [3.63, 3.8) is 0 Å². The maximum absolute atomic E-state index is 14.6. The second kappa shape index (κ2) is 15.5. The number of aromatic hydroxyl groups is 1. The number of aryl methyl sites for hydroxylation is 1. The predicted octanol–water partition coefficient (Wildman–Crippen LogP) is 5.57. The molecule has 0 spiro atoms. The van der Waals surface area contributed by atoms with E-state index < -0.39 is 16.9 Å². The van der Waals surface area contributed by atoms with Crippen molar-refractivity contribution in [3.8, 4) is 29.0 Å². The predicted molar refractivity (Wildman–Crippen MR) is 207 cm³/mol. The maximum atomic E-state index is 14.6. The van der Waals surface area contributed by atoms with Crippen LogP contribution < -0.4 is 30.6 Å². The molecule has 0 aliphatic heterocycles. The summed E-state index contributed by atoms with van der Waals surface area (Å²) in [6.07, 6.45) is 12.3. The van der Waals surface area contributed by atoms with E-state index in [1.807, 2.05) is 25.1 Å². The van der Waals surface area contributed by atoms with E-state index in [1.165, 1.54) is 23.4 Å². The Kier molecular flexibility index (Phi) is 11.2. The molecule has 278 valence electrons. The summed E-state index contributed by atoms with van der Waals surface area (Å²) in [6, 6.07) is 5.94. The number of benzene rings is 1. The minimum atomic E-state index is -0.646. The standard InChI is InChI=1S/C41H53N5O5S/c1-7-10-12-45(13-11-8-2)40-43-36(35-30(24-47)17-26(9-3)18-33(35)51-6)34(52-40)19-31-25(4)32(23-42)38(49)46(37(31)48)44(5)39(50)41-20-27-14-28(21-41)16-29(15-27)22-41/h17-19,27-29,47,49H,4,7-16,20-22,24H2,1-3,5-6H3/b31-19-. The van der Waals surface area contributed by atoms with Crippen molar-refractivity contribution in [1.29, 1.82) is 5.26 Å². The first-order chi connectivity index (χ1) is 25.0. The lowest BCUT2D eigenvalue weighted by Gasteiger charge is -2.56. The number of methoxy groups -OCH3 is 1. The molecule has 2 N–H and O–H groups in total. The number of amides is 1. The third-order valence-corrected chi connectivity index (χ3v) is 12.8. The lowest BCUT2D eigenvalue weighted by molar-refractivity contribution is -0.144. The minimum absolute atomic E-state index is 0.0716. The zero-order valence-electron chi connectivity index (χ0n) is 31.3. The molecular weight excluding hydrogens is 675 g/mol. The molecular formula is C41H53N5O5S. The van der Waals surface area contributed by atoms with Crippen molar-refractivity contribution in [2.75, 3.05) is 37.2 Å². The van der Waals surface area contributed by atoms with Gasteiger partial charge in [0.2, 0.25) is 11.8 Å². The second-order valence-corrected chi connectivity index (χ2v) is 16.2. The van der Waals surface area contributed by atoms with Gasteiger partial charge in [-0.3, -0.25) is 9.59 Å². The van der Waals surface area contributed by atoms with Crippen molar-refractivity contribution >= 4 is 35.0 Å². The Morgan fingerprint density at radius 1 is 1.13 bits per heavy atom. The molecule has 10 nitrogen and oxygen atoms in total. The third kappa shape index (κ3) is 6.76. The normalized spacial score (nSPS) is 22.1. The zero-order chi connectivity index (χ0) is 37.3. The van der Waals surface area contributed by atoms with Crippen LogP contribution in [0.3, 0.4) is 0 Å². The monoisotopic (exact) mass is 727 g/mol. The Balaban J connectivity index is 1.56. The van der Waals surface area contributed by atoms with Crippen molar-refractivity contribution in [1.82, 2.24) is 9.66 Å². The van der Waals surface area contributed by atoms with Gasteiger partial charge in [0.25, 0.3) is 5.56 Å². The smallest absolute Gasteiger partial charge is 0.280 e. The zero-order valence-corrected chi connectivity index (χ0v) is 32.2. The number of anilines is 1. The number of ether oxygens (including phenoxy) is 1. The maximum Gasteiger partial charge on any atom is 0.280 e. The number of pyridine rings is 1. The van der Waals surface area contributed by atoms with E-state index in [-0.39, 0.29) is 28.5 Å². The Morgan fingerprint density at radius 2 is 1.75 bits per heavy atom. The number of thiazole rings is 1. The van der Waals surface area contributed by atoms with E-state index in [0.29, 0.717) is 45.2 Å². The van der Waals surface area contributed by atoms with Crippen LogP contribution in [0.1, 0.15) is 107 Å². The number of aliphatic hydroxyl groups excluding tert-OH is 1. The van der Waals surface area contributed by atoms with Gasteiger partial charge in [-0.2, -0.15) is 9.94 Å². The molecule has 52 heavy (non-hydrogen) atoms. The average Bonchev–Trinajstić information content (AvgIpc) is 3.54. The Hall–Kier alpha value is -4.14. The summed E-state index contributed by atoms with van der Waals surface area (Å²) in [4.78, 5) is 37.1. The molecule has 4 fully saturated rings. The van der Waals surface area contributed by atoms with Crippen molar-refractivity contribution in [2.45, 2.75) is 98.0 Å². The molecule has 0 saturated heterocycles. The summed E-state index contributed by atoms with van der Waals surface area (Å²) in [5.74, 6) is 1.30. The number of rotatable bonds is 14. The first-order valence-electron chi connectivity index (χ1n) is 19.0. The van der Waals surface area contributed by atoms with Crippen LogP contribution in [0.4, 0.5) is 5.13 Å². The summed E-state index contributed by atoms with van der Waals surface area (Å²) < 4.78 is 6.86. The number of aromatic nitrogens is 2. The number of nitrogens with zero attached hydrogens (tertiary/aromatic N) is 5. The molecule has 4 bridgehead atoms. The van der Waals surface area contributed by atoms with Crippen molar-refractivity contribution in [2.24, 2.45) is 23.2 Å². The van der Waals surface area contributed by atoms with Gasteiger partial charge in [-0.05, 0) is 98.8 Å². The lowest BCUT2D eigenvalue weighted by atomic mass is 9.49. The van der Waals surface area contributed by atoms with Crippen LogP contribution >= 0.6 is 11.3 Å². The quantitative estimate of drug-likeness (QED) is 0.221. The number of carbonyl (C=O) groups excluding carboxylic acids is 1. The van der Waals surface area contributed by atoms with E-state index in [2.05, 4.69) is 25.3 Å². The Morgan fingerprint density at radius 3 is 2.27 bits per heavy atom. The first kappa shape index (κ1) is 37.6. The number of nitriles is 1. The molecule has 1 aromatic carbocycles. The molecule has 11 heteroatoms. The van der Waals surface area contributed by atoms with Crippen LogP contribution in [-0.4, -0.2) is 53.0 Å². The molecule has 0 unspecified atom stereocenters. The fourth-order valence-corrected chi connectivity index (χ4v) is 10.5. The van der Waals surface area contributed by atoms with Gasteiger partial charge in [0.1, 0.15) is 17.4 Å². The highest BCUT2D eigenvalue weighted by Crippen LogP contribution is 2.60. The average molecular weight is 728 g/mol. The second-order valence-electron chi connectivity index (χ2n) is 15.2. The molecule has 1 amide bonds. The molecule has 0 atom stereocenters. The fraction of sp³-hybridized carbons (Fsp3) is 0.561. The topological polar surface area (TPSA) is 132 Å². The van der Waals surface area contributed by atoms with E-state index >= 15 is 0 Å². The van der Waals surface area contributed by atoms with E-state index in [1.54, 1.807) is 13.2 Å². The van der Waals surface area contributed by atoms with Crippen LogP contribution in [0.2, 0.25) is 0 Å². The van der Waals surface area contributed by atoms with Gasteiger partial charge in [-0.15, -0.1) is 0 Å². The number of aliphatic hydroxyl groups is 1. The van der Waals surface area contributed by atoms with Gasteiger partial charge in [-0.25, -0.2) is 9.99 Å². The summed E-state index contributed by atoms with van der Waals surface area (Å²) >= 11 is 1.42. The van der Waals surface area contributed by atoms with Gasteiger partial charge in [0.15, 0.2) is 5.13 Å². The highest BCUT2D eigenvalue weighted by molar-refractivity contribution is 7.16. The molecule has 0 radical (unpaired) electrons. The molecule has 2 heterocycles. The van der Waals surface area contributed by atoms with Crippen LogP contribution in [0.15, 0.2) is 16.9 Å². The largest absolute Gasteiger partial charge is 0.496 e. The van der Waals surface area contributed by atoms with Crippen molar-refractivity contribution in [3.05, 3.63) is 54.5 Å². The van der Waals surface area contributed by atoms with Crippen LogP contribution in [0, 0.1) is 34.5 Å². The number of unbranched alkanes of at least 4 members (excludes halogenated alkanes) is 2. The molecule has 4 aliphatic carbocycles. The summed E-state index contributed by atoms with van der Waals surface area (Å²) in [7, 11) is 3.12. The molecule has 4 saturated carbocycles. The molecule has 3 aromatic rings. The fourth-order valence-electron chi connectivity index (χ4n) is 9.43. The van der Waals surface area contributed by atoms with Gasteiger partial charge in [0, 0.05) is 30.9 Å². The van der Waals surface area contributed by atoms with Gasteiger partial charge in [-0.1, -0.05) is 57.6 Å². The highest BCUT2D eigenvalue weighted by atomic mass is 32.1. The lowest BCUT2D eigenvalue weighted by Crippen LogP contribution is -2.60.